The molecule has 0 atom stereocenters. The lowest BCUT2D eigenvalue weighted by Gasteiger charge is -2.28. The van der Waals surface area contributed by atoms with Crippen molar-refractivity contribution < 1.29 is 19.0 Å². The number of nitrogens with zero attached hydrogens (tertiary/aromatic N) is 2. The molecule has 132 valence electrons. The van der Waals surface area contributed by atoms with E-state index in [0.29, 0.717) is 36.9 Å². The van der Waals surface area contributed by atoms with Crippen LogP contribution in [0.25, 0.3) is 0 Å². The topological polar surface area (TPSA) is 63.3 Å². The molecule has 2 aliphatic rings. The molecule has 0 bridgehead atoms. The minimum absolute atomic E-state index is 0.152. The number of benzene rings is 1. The van der Waals surface area contributed by atoms with E-state index < -0.39 is 0 Å². The highest BCUT2D eigenvalue weighted by Gasteiger charge is 2.18. The Morgan fingerprint density at radius 1 is 1.21 bits per heavy atom. The molecule has 0 saturated carbocycles. The molecule has 1 aromatic carbocycles. The average Bonchev–Trinajstić information content (AvgIpc) is 2.61. The van der Waals surface area contributed by atoms with Crippen LogP contribution in [0.2, 0.25) is 0 Å². The number of rotatable bonds is 4. The minimum Gasteiger partial charge on any atom is -0.486 e. The minimum atomic E-state index is -0.152. The van der Waals surface area contributed by atoms with Crippen LogP contribution in [0.15, 0.2) is 16.6 Å². The van der Waals surface area contributed by atoms with Gasteiger partial charge in [0.2, 0.25) is 0 Å². The Labute approximate surface area is 150 Å². The fraction of sp³-hybridized carbons (Fsp3) is 0.562. The summed E-state index contributed by atoms with van der Waals surface area (Å²) in [5.74, 6) is 1.34. The van der Waals surface area contributed by atoms with Crippen molar-refractivity contribution in [3.05, 3.63) is 16.6 Å². The van der Waals surface area contributed by atoms with Crippen molar-refractivity contribution in [1.82, 2.24) is 9.80 Å². The second kappa shape index (κ2) is 8.04. The molecule has 8 heteroatoms. The van der Waals surface area contributed by atoms with Crippen LogP contribution in [0, 0.1) is 0 Å². The number of carbonyl (C=O) groups is 1. The number of amides is 2. The summed E-state index contributed by atoms with van der Waals surface area (Å²) in [4.78, 5) is 16.4. The molecule has 0 spiro atoms. The quantitative estimate of drug-likeness (QED) is 0.838. The number of urea groups is 1. The summed E-state index contributed by atoms with van der Waals surface area (Å²) in [5.41, 5.74) is 0.669. The molecule has 1 saturated heterocycles. The molecule has 2 aliphatic heterocycles. The Kier molecular flexibility index (Phi) is 5.80. The molecule has 1 aromatic rings. The van der Waals surface area contributed by atoms with Gasteiger partial charge in [0, 0.05) is 49.8 Å². The highest BCUT2D eigenvalue weighted by molar-refractivity contribution is 9.10. The predicted molar refractivity (Wildman–Crippen MR) is 94.0 cm³/mol. The summed E-state index contributed by atoms with van der Waals surface area (Å²) in [7, 11) is 1.79. The number of likely N-dealkylation sites (N-methyl/N-ethyl adjacent to an activating group) is 1. The second-order valence-corrected chi connectivity index (χ2v) is 6.64. The summed E-state index contributed by atoms with van der Waals surface area (Å²) in [6.45, 7) is 5.92. The molecule has 0 unspecified atom stereocenters. The maximum atomic E-state index is 12.4. The van der Waals surface area contributed by atoms with Crippen molar-refractivity contribution in [1.29, 1.82) is 0 Å². The van der Waals surface area contributed by atoms with Gasteiger partial charge in [0.1, 0.15) is 13.2 Å². The molecule has 3 rings (SSSR count). The van der Waals surface area contributed by atoms with E-state index in [-0.39, 0.29) is 6.03 Å². The number of carbonyl (C=O) groups excluding carboxylic acids is 1. The van der Waals surface area contributed by atoms with Gasteiger partial charge in [-0.05, 0) is 15.9 Å². The number of halogens is 1. The molecule has 0 aliphatic carbocycles. The van der Waals surface area contributed by atoms with Crippen LogP contribution < -0.4 is 14.8 Å². The van der Waals surface area contributed by atoms with Crippen molar-refractivity contribution in [2.24, 2.45) is 0 Å². The summed E-state index contributed by atoms with van der Waals surface area (Å²) >= 11 is 3.46. The number of anilines is 1. The predicted octanol–water partition coefficient (Wildman–Crippen LogP) is 2.02. The Bertz CT molecular complexity index is 593. The van der Waals surface area contributed by atoms with Crippen molar-refractivity contribution in [2.45, 2.75) is 0 Å². The van der Waals surface area contributed by atoms with E-state index in [4.69, 9.17) is 14.2 Å². The zero-order valence-electron chi connectivity index (χ0n) is 13.7. The van der Waals surface area contributed by atoms with Gasteiger partial charge in [-0.2, -0.15) is 0 Å². The monoisotopic (exact) mass is 399 g/mol. The lowest BCUT2D eigenvalue weighted by atomic mass is 10.2. The van der Waals surface area contributed by atoms with Gasteiger partial charge < -0.3 is 24.4 Å². The number of fused-ring (bicyclic) bond motifs is 1. The van der Waals surface area contributed by atoms with Crippen molar-refractivity contribution in [3.63, 3.8) is 0 Å². The molecule has 2 amide bonds. The zero-order valence-corrected chi connectivity index (χ0v) is 15.3. The average molecular weight is 400 g/mol. The lowest BCUT2D eigenvalue weighted by Crippen LogP contribution is -2.42. The third-order valence-electron chi connectivity index (χ3n) is 4.08. The van der Waals surface area contributed by atoms with Crippen LogP contribution in [0.1, 0.15) is 0 Å². The highest BCUT2D eigenvalue weighted by Crippen LogP contribution is 2.38. The first-order valence-electron chi connectivity index (χ1n) is 8.05. The van der Waals surface area contributed by atoms with Gasteiger partial charge in [-0.15, -0.1) is 0 Å². The van der Waals surface area contributed by atoms with Crippen LogP contribution >= 0.6 is 15.9 Å². The number of nitrogens with one attached hydrogen (secondary N) is 1. The van der Waals surface area contributed by atoms with Crippen LogP contribution in [0.5, 0.6) is 11.5 Å². The van der Waals surface area contributed by atoms with Crippen molar-refractivity contribution in [3.8, 4) is 11.5 Å². The highest BCUT2D eigenvalue weighted by atomic mass is 79.9. The fourth-order valence-corrected chi connectivity index (χ4v) is 3.01. The van der Waals surface area contributed by atoms with E-state index in [2.05, 4.69) is 26.1 Å². The smallest absolute Gasteiger partial charge is 0.321 e. The van der Waals surface area contributed by atoms with Crippen LogP contribution in [0.3, 0.4) is 0 Å². The van der Waals surface area contributed by atoms with E-state index in [1.54, 1.807) is 18.0 Å². The number of hydrogen-bond acceptors (Lipinski definition) is 5. The summed E-state index contributed by atoms with van der Waals surface area (Å²) in [6.07, 6.45) is 0. The third-order valence-corrected chi connectivity index (χ3v) is 4.73. The Hall–Kier alpha value is -1.51. The maximum Gasteiger partial charge on any atom is 0.321 e. The summed E-state index contributed by atoms with van der Waals surface area (Å²) in [6, 6.07) is 3.45. The van der Waals surface area contributed by atoms with Gasteiger partial charge in [-0.1, -0.05) is 0 Å². The van der Waals surface area contributed by atoms with E-state index in [0.717, 1.165) is 37.3 Å². The normalized spacial score (nSPS) is 17.4. The van der Waals surface area contributed by atoms with Gasteiger partial charge in [-0.25, -0.2) is 4.79 Å². The van der Waals surface area contributed by atoms with E-state index >= 15 is 0 Å². The first-order chi connectivity index (χ1) is 11.6. The van der Waals surface area contributed by atoms with Gasteiger partial charge in [-0.3, -0.25) is 4.90 Å². The standard InChI is InChI=1S/C16H22BrN3O4/c1-19(2-3-20-4-6-22-7-5-20)16(21)18-13-11-15-14(10-12(13)17)23-8-9-24-15/h10-11H,2-9H2,1H3,(H,18,21). The largest absolute Gasteiger partial charge is 0.486 e. The Morgan fingerprint density at radius 2 is 1.88 bits per heavy atom. The number of ether oxygens (including phenoxy) is 3. The first kappa shape index (κ1) is 17.3. The number of hydrogen-bond donors (Lipinski definition) is 1. The SMILES string of the molecule is CN(CCN1CCOCC1)C(=O)Nc1cc2c(cc1Br)OCCO2. The fourth-order valence-electron chi connectivity index (χ4n) is 2.59. The molecule has 0 radical (unpaired) electrons. The summed E-state index contributed by atoms with van der Waals surface area (Å²) < 4.78 is 17.2. The molecule has 24 heavy (non-hydrogen) atoms. The first-order valence-corrected chi connectivity index (χ1v) is 8.84. The van der Waals surface area contributed by atoms with E-state index in [9.17, 15) is 4.79 Å². The molecule has 0 aromatic heterocycles. The molecule has 1 fully saturated rings. The molecular formula is C16H22BrN3O4. The van der Waals surface area contributed by atoms with Crippen molar-refractivity contribution >= 4 is 27.6 Å². The number of morpholine rings is 1. The van der Waals surface area contributed by atoms with Crippen molar-refractivity contribution in [2.75, 3.05) is 65.0 Å². The molecule has 1 N–H and O–H groups in total. The van der Waals surface area contributed by atoms with E-state index in [1.165, 1.54) is 0 Å². The zero-order chi connectivity index (χ0) is 16.9. The lowest BCUT2D eigenvalue weighted by molar-refractivity contribution is 0.0359. The van der Waals surface area contributed by atoms with Crippen LogP contribution in [-0.4, -0.2) is 75.5 Å². The second-order valence-electron chi connectivity index (χ2n) is 5.78. The maximum absolute atomic E-state index is 12.4. The van der Waals surface area contributed by atoms with Gasteiger partial charge >= 0.3 is 6.03 Å². The molecular weight excluding hydrogens is 378 g/mol. The van der Waals surface area contributed by atoms with Crippen LogP contribution in [-0.2, 0) is 4.74 Å². The molecule has 7 nitrogen and oxygen atoms in total. The van der Waals surface area contributed by atoms with Gasteiger partial charge in [0.05, 0.1) is 18.9 Å². The Balaban J connectivity index is 1.55. The van der Waals surface area contributed by atoms with Gasteiger partial charge in [0.25, 0.3) is 0 Å². The Morgan fingerprint density at radius 3 is 2.58 bits per heavy atom. The van der Waals surface area contributed by atoms with E-state index in [1.807, 2.05) is 6.07 Å². The third kappa shape index (κ3) is 4.31. The van der Waals surface area contributed by atoms with Gasteiger partial charge in [0.15, 0.2) is 11.5 Å². The van der Waals surface area contributed by atoms with Crippen LogP contribution in [0.4, 0.5) is 10.5 Å². The molecule has 2 heterocycles. The summed E-state index contributed by atoms with van der Waals surface area (Å²) in [5, 5.41) is 2.91.